The fraction of sp³-hybridized carbons (Fsp3) is 0.571. The van der Waals surface area contributed by atoms with Gasteiger partial charge in [0.25, 0.3) is 0 Å². The first-order valence-corrected chi connectivity index (χ1v) is 7.09. The van der Waals surface area contributed by atoms with E-state index in [-0.39, 0.29) is 0 Å². The molecule has 3 rings (SSSR count). The Morgan fingerprint density at radius 2 is 1.88 bits per heavy atom. The molecule has 2 heteroatoms. The highest BCUT2D eigenvalue weighted by Crippen LogP contribution is 2.41. The molecule has 1 aliphatic heterocycles. The van der Waals surface area contributed by atoms with Crippen LogP contribution in [0.25, 0.3) is 0 Å². The summed E-state index contributed by atoms with van der Waals surface area (Å²) in [6.07, 6.45) is 5.56. The maximum absolute atomic E-state index is 5.46. The molecular formula is C14H17BrO. The molecule has 0 radical (unpaired) electrons. The number of ether oxygens (including phenoxy) is 1. The van der Waals surface area contributed by atoms with E-state index in [4.69, 9.17) is 4.74 Å². The lowest BCUT2D eigenvalue weighted by molar-refractivity contribution is 0.134. The van der Waals surface area contributed by atoms with Gasteiger partial charge in [-0.25, -0.2) is 0 Å². The van der Waals surface area contributed by atoms with Crippen molar-refractivity contribution in [2.24, 2.45) is 5.92 Å². The van der Waals surface area contributed by atoms with Crippen LogP contribution in [0, 0.1) is 5.92 Å². The minimum atomic E-state index is 0.542. The maximum Gasteiger partial charge on any atom is 0.0725 e. The Hall–Kier alpha value is -0.340. The normalized spacial score (nSPS) is 22.3. The minimum Gasteiger partial charge on any atom is -0.372 e. The molecule has 0 amide bonds. The topological polar surface area (TPSA) is 9.23 Å². The molecule has 16 heavy (non-hydrogen) atoms. The van der Waals surface area contributed by atoms with Crippen molar-refractivity contribution < 1.29 is 4.74 Å². The molecule has 86 valence electrons. The molecule has 1 aromatic rings. The average Bonchev–Trinajstić information content (AvgIpc) is 2.98. The Labute approximate surface area is 105 Å². The molecule has 1 fully saturated rings. The standard InChI is InChI=1S/C14H17BrO/c15-14(10-3-1-2-4-10)11-5-6-12-8-16-9-13(12)7-11/h5-7,10,14H,1-4,8-9H2. The van der Waals surface area contributed by atoms with Crippen LogP contribution in [-0.4, -0.2) is 0 Å². The molecule has 0 saturated heterocycles. The van der Waals surface area contributed by atoms with Crippen LogP contribution in [0.1, 0.15) is 47.2 Å². The Morgan fingerprint density at radius 1 is 1.12 bits per heavy atom. The molecule has 2 aliphatic rings. The fourth-order valence-corrected chi connectivity index (χ4v) is 3.70. The van der Waals surface area contributed by atoms with E-state index in [1.165, 1.54) is 42.4 Å². The predicted molar refractivity (Wildman–Crippen MR) is 68.6 cm³/mol. The van der Waals surface area contributed by atoms with Crippen LogP contribution < -0.4 is 0 Å². The maximum atomic E-state index is 5.46. The molecular weight excluding hydrogens is 264 g/mol. The van der Waals surface area contributed by atoms with Crippen molar-refractivity contribution in [2.45, 2.75) is 43.7 Å². The molecule has 0 N–H and O–H groups in total. The van der Waals surface area contributed by atoms with Crippen LogP contribution >= 0.6 is 15.9 Å². The van der Waals surface area contributed by atoms with E-state index in [9.17, 15) is 0 Å². The first-order chi connectivity index (χ1) is 7.84. The van der Waals surface area contributed by atoms with Crippen molar-refractivity contribution in [3.63, 3.8) is 0 Å². The van der Waals surface area contributed by atoms with Crippen molar-refractivity contribution in [1.82, 2.24) is 0 Å². The monoisotopic (exact) mass is 280 g/mol. The number of hydrogen-bond donors (Lipinski definition) is 0. The van der Waals surface area contributed by atoms with Crippen LogP contribution in [0.3, 0.4) is 0 Å². The molecule has 1 atom stereocenters. The quantitative estimate of drug-likeness (QED) is 0.732. The van der Waals surface area contributed by atoms with Gasteiger partial charge in [-0.2, -0.15) is 0 Å². The summed E-state index contributed by atoms with van der Waals surface area (Å²) in [7, 11) is 0. The van der Waals surface area contributed by atoms with Crippen molar-refractivity contribution in [3.05, 3.63) is 34.9 Å². The Balaban J connectivity index is 1.83. The second-order valence-corrected chi connectivity index (χ2v) is 5.95. The summed E-state index contributed by atoms with van der Waals surface area (Å²) in [6.45, 7) is 1.60. The second-order valence-electron chi connectivity index (χ2n) is 4.97. The van der Waals surface area contributed by atoms with Gasteiger partial charge in [0.05, 0.1) is 13.2 Å². The highest BCUT2D eigenvalue weighted by Gasteiger charge is 2.25. The molecule has 1 aromatic carbocycles. The lowest BCUT2D eigenvalue weighted by Gasteiger charge is -2.18. The van der Waals surface area contributed by atoms with Gasteiger partial charge >= 0.3 is 0 Å². The molecule has 1 heterocycles. The largest absolute Gasteiger partial charge is 0.372 e. The van der Waals surface area contributed by atoms with E-state index in [0.29, 0.717) is 4.83 Å². The van der Waals surface area contributed by atoms with Crippen molar-refractivity contribution in [2.75, 3.05) is 0 Å². The van der Waals surface area contributed by atoms with Crippen LogP contribution in [0.5, 0.6) is 0 Å². The average molecular weight is 281 g/mol. The number of fused-ring (bicyclic) bond motifs is 1. The smallest absolute Gasteiger partial charge is 0.0725 e. The van der Waals surface area contributed by atoms with Gasteiger partial charge in [0.1, 0.15) is 0 Å². The van der Waals surface area contributed by atoms with Crippen LogP contribution in [-0.2, 0) is 18.0 Å². The summed E-state index contributed by atoms with van der Waals surface area (Å²) >= 11 is 3.88. The van der Waals surface area contributed by atoms with Gasteiger partial charge in [-0.1, -0.05) is 47.0 Å². The summed E-state index contributed by atoms with van der Waals surface area (Å²) in [6, 6.07) is 6.84. The predicted octanol–water partition coefficient (Wildman–Crippen LogP) is 4.34. The third kappa shape index (κ3) is 1.93. The van der Waals surface area contributed by atoms with Gasteiger partial charge in [0, 0.05) is 4.83 Å². The Morgan fingerprint density at radius 3 is 2.69 bits per heavy atom. The summed E-state index contributed by atoms with van der Waals surface area (Å²) in [5.41, 5.74) is 4.20. The third-order valence-corrected chi connectivity index (χ3v) is 5.15. The van der Waals surface area contributed by atoms with E-state index in [1.54, 1.807) is 0 Å². The van der Waals surface area contributed by atoms with E-state index >= 15 is 0 Å². The van der Waals surface area contributed by atoms with E-state index in [2.05, 4.69) is 34.1 Å². The van der Waals surface area contributed by atoms with E-state index < -0.39 is 0 Å². The first kappa shape index (κ1) is 10.8. The van der Waals surface area contributed by atoms with Crippen LogP contribution in [0.2, 0.25) is 0 Å². The zero-order chi connectivity index (χ0) is 11.0. The van der Waals surface area contributed by atoms with Gasteiger partial charge in [-0.05, 0) is 35.4 Å². The third-order valence-electron chi connectivity index (χ3n) is 3.88. The highest BCUT2D eigenvalue weighted by atomic mass is 79.9. The zero-order valence-electron chi connectivity index (χ0n) is 9.42. The number of alkyl halides is 1. The Bertz CT molecular complexity index is 382. The SMILES string of the molecule is BrC(c1ccc2c(c1)COC2)C1CCCC1. The Kier molecular flexibility index (Phi) is 3.03. The summed E-state index contributed by atoms with van der Waals surface area (Å²) in [5, 5.41) is 0. The van der Waals surface area contributed by atoms with Crippen LogP contribution in [0.4, 0.5) is 0 Å². The molecule has 1 nitrogen and oxygen atoms in total. The lowest BCUT2D eigenvalue weighted by Crippen LogP contribution is -2.03. The summed E-state index contributed by atoms with van der Waals surface area (Å²) in [4.78, 5) is 0.542. The lowest BCUT2D eigenvalue weighted by atomic mass is 9.95. The molecule has 1 aliphatic carbocycles. The fourth-order valence-electron chi connectivity index (χ4n) is 2.89. The van der Waals surface area contributed by atoms with E-state index in [0.717, 1.165) is 19.1 Å². The number of rotatable bonds is 2. The van der Waals surface area contributed by atoms with Crippen molar-refractivity contribution >= 4 is 15.9 Å². The van der Waals surface area contributed by atoms with Crippen LogP contribution in [0.15, 0.2) is 18.2 Å². The molecule has 0 aromatic heterocycles. The number of benzene rings is 1. The molecule has 0 spiro atoms. The summed E-state index contributed by atoms with van der Waals surface area (Å²) in [5.74, 6) is 0.834. The highest BCUT2D eigenvalue weighted by molar-refractivity contribution is 9.09. The van der Waals surface area contributed by atoms with E-state index in [1.807, 2.05) is 0 Å². The molecule has 1 saturated carbocycles. The van der Waals surface area contributed by atoms with Gasteiger partial charge in [0.2, 0.25) is 0 Å². The minimum absolute atomic E-state index is 0.542. The van der Waals surface area contributed by atoms with Gasteiger partial charge < -0.3 is 4.74 Å². The van der Waals surface area contributed by atoms with Gasteiger partial charge in [0.15, 0.2) is 0 Å². The zero-order valence-corrected chi connectivity index (χ0v) is 11.0. The van der Waals surface area contributed by atoms with Gasteiger partial charge in [-0.15, -0.1) is 0 Å². The summed E-state index contributed by atoms with van der Waals surface area (Å²) < 4.78 is 5.46. The van der Waals surface area contributed by atoms with Crippen molar-refractivity contribution in [3.8, 4) is 0 Å². The first-order valence-electron chi connectivity index (χ1n) is 6.18. The molecule has 0 bridgehead atoms. The number of halogens is 1. The van der Waals surface area contributed by atoms with Gasteiger partial charge in [-0.3, -0.25) is 0 Å². The molecule has 1 unspecified atom stereocenters. The van der Waals surface area contributed by atoms with Crippen molar-refractivity contribution in [1.29, 1.82) is 0 Å². The second kappa shape index (κ2) is 4.50. The number of hydrogen-bond acceptors (Lipinski definition) is 1.